The van der Waals surface area contributed by atoms with Crippen LogP contribution in [0.3, 0.4) is 0 Å². The molecule has 6 N–H and O–H groups in total. The molecule has 0 amide bonds. The molecule has 0 bridgehead atoms. The average Bonchev–Trinajstić information content (AvgIpc) is 3.25. The number of carbonyl (C=O) groups is 2. The van der Waals surface area contributed by atoms with E-state index in [0.717, 1.165) is 38.5 Å². The number of nitrogens with two attached hydrogens (primary N) is 1. The summed E-state index contributed by atoms with van der Waals surface area (Å²) < 4.78 is 38.5. The van der Waals surface area contributed by atoms with Crippen molar-refractivity contribution in [3.8, 4) is 0 Å². The Labute approximate surface area is 381 Å². The molecule has 368 valence electrons. The number of phosphoric acid groups is 1. The standard InChI is InChI=1S/C49H90NO12P/c1-3-5-7-8-9-10-11-12-13-14-15-16-17-18-19-20-21-22-23-24-29-33-47(53)58-40-43(41-60-63(56,57)59-38-37-50)61-48(54)34-30-26-25-28-32-44-45(52)39-49(55)62-46(44)36-35-42(51)31-27-6-4-2/h12-13,25,28,35-36,42-46,49,51-52,55H,3-11,14-24,26-27,29-34,37-41,50H2,1-2H3,(H,56,57)/b13-12-,28-25-,36-35+/t42-,43+,44-,45-,46+,49?/m0/s1. The van der Waals surface area contributed by atoms with Crippen LogP contribution in [0.4, 0.5) is 0 Å². The molecule has 1 saturated heterocycles. The Morgan fingerprint density at radius 3 is 1.87 bits per heavy atom. The minimum absolute atomic E-state index is 0.00926. The molecule has 1 aliphatic rings. The van der Waals surface area contributed by atoms with Crippen molar-refractivity contribution in [1.82, 2.24) is 0 Å². The van der Waals surface area contributed by atoms with Gasteiger partial charge < -0.3 is 40.2 Å². The van der Waals surface area contributed by atoms with Crippen molar-refractivity contribution < 1.29 is 57.6 Å². The van der Waals surface area contributed by atoms with Gasteiger partial charge in [-0.25, -0.2) is 4.57 Å². The average molecular weight is 916 g/mol. The molecule has 1 rings (SSSR count). The molecule has 1 heterocycles. The number of allylic oxidation sites excluding steroid dienone is 4. The first-order chi connectivity index (χ1) is 30.5. The number of phosphoric ester groups is 1. The fourth-order valence-electron chi connectivity index (χ4n) is 7.49. The third-order valence-electron chi connectivity index (χ3n) is 11.3. The van der Waals surface area contributed by atoms with Gasteiger partial charge in [-0.05, 0) is 57.8 Å². The van der Waals surface area contributed by atoms with Crippen LogP contribution in [0.25, 0.3) is 0 Å². The highest BCUT2D eigenvalue weighted by Crippen LogP contribution is 2.43. The SMILES string of the molecule is CCCCCCCC/C=C\CCCCCCCCCCCCCC(=O)OC[C@H](COP(=O)(O)OCCN)OC(=O)CCC/C=C\C[C@H]1[C@@H](O)CC(O)O[C@@H]1/C=C/[C@@H](O)CCCCC. The zero-order chi connectivity index (χ0) is 46.2. The van der Waals surface area contributed by atoms with Crippen LogP contribution in [-0.4, -0.2) is 89.2 Å². The number of carbonyl (C=O) groups excluding carboxylic acids is 2. The molecule has 0 radical (unpaired) electrons. The molecule has 1 fully saturated rings. The predicted octanol–water partition coefficient (Wildman–Crippen LogP) is 10.6. The van der Waals surface area contributed by atoms with E-state index in [1.54, 1.807) is 12.2 Å². The smallest absolute Gasteiger partial charge is 0.462 e. The Hall–Kier alpha value is -1.93. The Morgan fingerprint density at radius 1 is 0.714 bits per heavy atom. The van der Waals surface area contributed by atoms with Gasteiger partial charge in [-0.3, -0.25) is 18.6 Å². The molecule has 0 aromatic carbocycles. The summed E-state index contributed by atoms with van der Waals surface area (Å²) in [6.07, 6.45) is 36.5. The Kier molecular flexibility index (Phi) is 37.8. The summed E-state index contributed by atoms with van der Waals surface area (Å²) in [5, 5.41) is 31.0. The number of unbranched alkanes of at least 4 members (excludes halogenated alkanes) is 20. The molecule has 0 spiro atoms. The monoisotopic (exact) mass is 916 g/mol. The second kappa shape index (κ2) is 40.4. The summed E-state index contributed by atoms with van der Waals surface area (Å²) in [7, 11) is -4.46. The lowest BCUT2D eigenvalue weighted by molar-refractivity contribution is -0.199. The first-order valence-corrected chi connectivity index (χ1v) is 26.4. The number of aliphatic hydroxyl groups excluding tert-OH is 3. The highest BCUT2D eigenvalue weighted by Gasteiger charge is 2.35. The third kappa shape index (κ3) is 35.0. The molecule has 2 unspecified atom stereocenters. The van der Waals surface area contributed by atoms with E-state index in [-0.39, 0.29) is 44.9 Å². The summed E-state index contributed by atoms with van der Waals surface area (Å²) >= 11 is 0. The molecular weight excluding hydrogens is 826 g/mol. The third-order valence-corrected chi connectivity index (χ3v) is 12.3. The summed E-state index contributed by atoms with van der Waals surface area (Å²) in [4.78, 5) is 35.2. The number of esters is 2. The summed E-state index contributed by atoms with van der Waals surface area (Å²) in [6.45, 7) is 3.32. The molecule has 0 aromatic rings. The van der Waals surface area contributed by atoms with Crippen molar-refractivity contribution in [1.29, 1.82) is 0 Å². The number of rotatable bonds is 42. The van der Waals surface area contributed by atoms with Gasteiger partial charge in [-0.1, -0.05) is 159 Å². The molecule has 0 saturated carbocycles. The van der Waals surface area contributed by atoms with Crippen molar-refractivity contribution in [2.75, 3.05) is 26.4 Å². The zero-order valence-electron chi connectivity index (χ0n) is 39.3. The van der Waals surface area contributed by atoms with Crippen LogP contribution in [0.5, 0.6) is 0 Å². The first-order valence-electron chi connectivity index (χ1n) is 24.9. The van der Waals surface area contributed by atoms with E-state index in [2.05, 4.69) is 26.0 Å². The highest BCUT2D eigenvalue weighted by molar-refractivity contribution is 7.47. The van der Waals surface area contributed by atoms with E-state index >= 15 is 0 Å². The topological polar surface area (TPSA) is 204 Å². The van der Waals surface area contributed by atoms with Gasteiger partial charge in [-0.2, -0.15) is 0 Å². The second-order valence-electron chi connectivity index (χ2n) is 17.2. The summed E-state index contributed by atoms with van der Waals surface area (Å²) in [5.74, 6) is -1.34. The molecule has 1 aliphatic heterocycles. The first kappa shape index (κ1) is 59.1. The van der Waals surface area contributed by atoms with Gasteiger partial charge in [0.25, 0.3) is 0 Å². The maximum atomic E-state index is 12.7. The van der Waals surface area contributed by atoms with E-state index < -0.39 is 57.1 Å². The Bertz CT molecular complexity index is 1250. The van der Waals surface area contributed by atoms with Gasteiger partial charge >= 0.3 is 19.8 Å². The van der Waals surface area contributed by atoms with Crippen molar-refractivity contribution in [3.05, 3.63) is 36.5 Å². The molecule has 13 nitrogen and oxygen atoms in total. The Balaban J connectivity index is 2.34. The minimum Gasteiger partial charge on any atom is -0.462 e. The number of hydrogen-bond donors (Lipinski definition) is 5. The van der Waals surface area contributed by atoms with E-state index in [0.29, 0.717) is 32.1 Å². The lowest BCUT2D eigenvalue weighted by atomic mass is 9.87. The van der Waals surface area contributed by atoms with E-state index in [4.69, 9.17) is 29.0 Å². The van der Waals surface area contributed by atoms with Crippen LogP contribution < -0.4 is 5.73 Å². The van der Waals surface area contributed by atoms with E-state index in [1.807, 2.05) is 12.2 Å². The Morgan fingerprint density at radius 2 is 1.25 bits per heavy atom. The number of hydrogen-bond acceptors (Lipinski definition) is 12. The molecule has 7 atom stereocenters. The second-order valence-corrected chi connectivity index (χ2v) is 18.7. The fourth-order valence-corrected chi connectivity index (χ4v) is 8.26. The molecule has 0 aliphatic carbocycles. The minimum atomic E-state index is -4.46. The fraction of sp³-hybridized carbons (Fsp3) is 0.837. The predicted molar refractivity (Wildman–Crippen MR) is 251 cm³/mol. The van der Waals surface area contributed by atoms with Crippen LogP contribution in [0, 0.1) is 5.92 Å². The maximum absolute atomic E-state index is 12.7. The van der Waals surface area contributed by atoms with Gasteiger partial charge in [0.1, 0.15) is 6.61 Å². The van der Waals surface area contributed by atoms with Crippen LogP contribution in [0.2, 0.25) is 0 Å². The quantitative estimate of drug-likeness (QED) is 0.0168. The number of ether oxygens (including phenoxy) is 3. The summed E-state index contributed by atoms with van der Waals surface area (Å²) in [6, 6.07) is 0. The van der Waals surface area contributed by atoms with Gasteiger partial charge in [-0.15, -0.1) is 0 Å². The molecule has 63 heavy (non-hydrogen) atoms. The van der Waals surface area contributed by atoms with E-state index in [9.17, 15) is 34.4 Å². The number of aliphatic hydroxyl groups is 3. The molecule has 14 heteroatoms. The van der Waals surface area contributed by atoms with Crippen LogP contribution in [0.1, 0.15) is 200 Å². The van der Waals surface area contributed by atoms with Gasteiger partial charge in [0.05, 0.1) is 31.5 Å². The maximum Gasteiger partial charge on any atom is 0.472 e. The van der Waals surface area contributed by atoms with Crippen molar-refractivity contribution in [2.24, 2.45) is 11.7 Å². The van der Waals surface area contributed by atoms with Gasteiger partial charge in [0.15, 0.2) is 12.4 Å². The van der Waals surface area contributed by atoms with Crippen molar-refractivity contribution in [3.63, 3.8) is 0 Å². The molecule has 0 aromatic heterocycles. The van der Waals surface area contributed by atoms with Crippen molar-refractivity contribution in [2.45, 2.75) is 231 Å². The zero-order valence-corrected chi connectivity index (χ0v) is 40.2. The molecular formula is C49H90NO12P. The van der Waals surface area contributed by atoms with Crippen LogP contribution in [-0.2, 0) is 37.4 Å². The highest BCUT2D eigenvalue weighted by atomic mass is 31.2. The largest absolute Gasteiger partial charge is 0.472 e. The lowest BCUT2D eigenvalue weighted by Gasteiger charge is -2.36. The normalized spacial score (nSPS) is 20.1. The lowest BCUT2D eigenvalue weighted by Crippen LogP contribution is -2.43. The van der Waals surface area contributed by atoms with E-state index in [1.165, 1.54) is 96.3 Å². The van der Waals surface area contributed by atoms with Gasteiger partial charge in [0.2, 0.25) is 0 Å². The van der Waals surface area contributed by atoms with Crippen LogP contribution >= 0.6 is 7.82 Å². The van der Waals surface area contributed by atoms with Crippen molar-refractivity contribution >= 4 is 19.8 Å². The summed E-state index contributed by atoms with van der Waals surface area (Å²) in [5.41, 5.74) is 5.36. The van der Waals surface area contributed by atoms with Crippen LogP contribution in [0.15, 0.2) is 36.5 Å². The van der Waals surface area contributed by atoms with Gasteiger partial charge in [0, 0.05) is 31.7 Å².